The molecular formula is C14H17N3O4S. The first kappa shape index (κ1) is 15.0. The SMILES string of the molecule is NS(=O)(=O)c1cc(N2CC3CC=CCC3C2)cc([N+](=O)[O-])c1. The molecule has 2 aliphatic rings. The summed E-state index contributed by atoms with van der Waals surface area (Å²) in [4.78, 5) is 12.2. The van der Waals surface area contributed by atoms with Crippen molar-refractivity contribution in [2.75, 3.05) is 18.0 Å². The molecule has 0 aromatic heterocycles. The first-order valence-corrected chi connectivity index (χ1v) is 8.61. The lowest BCUT2D eigenvalue weighted by molar-refractivity contribution is -0.385. The summed E-state index contributed by atoms with van der Waals surface area (Å²) in [6.07, 6.45) is 6.32. The van der Waals surface area contributed by atoms with Gasteiger partial charge in [-0.15, -0.1) is 0 Å². The van der Waals surface area contributed by atoms with Crippen LogP contribution in [0.25, 0.3) is 0 Å². The molecule has 7 nitrogen and oxygen atoms in total. The highest BCUT2D eigenvalue weighted by Gasteiger charge is 2.33. The third kappa shape index (κ3) is 2.84. The van der Waals surface area contributed by atoms with Gasteiger partial charge in [-0.2, -0.15) is 0 Å². The van der Waals surface area contributed by atoms with Gasteiger partial charge in [0.1, 0.15) is 0 Å². The molecule has 0 saturated carbocycles. The lowest BCUT2D eigenvalue weighted by Gasteiger charge is -2.19. The molecule has 0 radical (unpaired) electrons. The van der Waals surface area contributed by atoms with Gasteiger partial charge in [0.25, 0.3) is 5.69 Å². The van der Waals surface area contributed by atoms with Crippen LogP contribution in [-0.4, -0.2) is 26.4 Å². The highest BCUT2D eigenvalue weighted by Crippen LogP contribution is 2.37. The average Bonchev–Trinajstić information content (AvgIpc) is 2.89. The van der Waals surface area contributed by atoms with Crippen molar-refractivity contribution in [3.63, 3.8) is 0 Å². The number of nitrogens with two attached hydrogens (primary N) is 1. The minimum absolute atomic E-state index is 0.218. The van der Waals surface area contributed by atoms with Gasteiger partial charge in [-0.05, 0) is 30.7 Å². The van der Waals surface area contributed by atoms with E-state index in [4.69, 9.17) is 5.14 Å². The number of nitrogens with zero attached hydrogens (tertiary/aromatic N) is 2. The monoisotopic (exact) mass is 323 g/mol. The molecule has 3 rings (SSSR count). The Hall–Kier alpha value is -1.93. The van der Waals surface area contributed by atoms with Crippen LogP contribution in [0.15, 0.2) is 35.2 Å². The normalized spacial score (nSPS) is 24.3. The van der Waals surface area contributed by atoms with Crippen molar-refractivity contribution in [1.29, 1.82) is 0 Å². The van der Waals surface area contributed by atoms with E-state index in [1.807, 2.05) is 4.90 Å². The van der Waals surface area contributed by atoms with Crippen molar-refractivity contribution in [1.82, 2.24) is 0 Å². The fourth-order valence-corrected chi connectivity index (χ4v) is 3.82. The van der Waals surface area contributed by atoms with E-state index < -0.39 is 14.9 Å². The van der Waals surface area contributed by atoms with Gasteiger partial charge in [0.2, 0.25) is 10.0 Å². The number of non-ortho nitro benzene ring substituents is 1. The average molecular weight is 323 g/mol. The van der Waals surface area contributed by atoms with Gasteiger partial charge in [-0.3, -0.25) is 10.1 Å². The van der Waals surface area contributed by atoms with Crippen LogP contribution in [0.5, 0.6) is 0 Å². The van der Waals surface area contributed by atoms with Gasteiger partial charge < -0.3 is 4.90 Å². The number of hydrogen-bond donors (Lipinski definition) is 1. The van der Waals surface area contributed by atoms with Crippen LogP contribution in [0.3, 0.4) is 0 Å². The highest BCUT2D eigenvalue weighted by molar-refractivity contribution is 7.89. The van der Waals surface area contributed by atoms with Crippen LogP contribution < -0.4 is 10.0 Å². The summed E-state index contributed by atoms with van der Waals surface area (Å²) in [5.41, 5.74) is 0.294. The molecular weight excluding hydrogens is 306 g/mol. The highest BCUT2D eigenvalue weighted by atomic mass is 32.2. The lowest BCUT2D eigenvalue weighted by atomic mass is 9.86. The second-order valence-corrected chi connectivity index (χ2v) is 7.42. The van der Waals surface area contributed by atoms with Gasteiger partial charge in [0.05, 0.1) is 9.82 Å². The molecule has 8 heteroatoms. The molecule has 1 aromatic rings. The minimum Gasteiger partial charge on any atom is -0.371 e. The van der Waals surface area contributed by atoms with E-state index in [1.54, 1.807) is 0 Å². The number of fused-ring (bicyclic) bond motifs is 1. The third-order valence-corrected chi connectivity index (χ3v) is 5.29. The standard InChI is InChI=1S/C14H17N3O4S/c15-22(20,21)14-6-12(5-13(7-14)17(18)19)16-8-10-3-1-2-4-11(10)9-16/h1-2,5-7,10-11H,3-4,8-9H2,(H2,15,20,21). The molecule has 1 aromatic carbocycles. The predicted octanol–water partition coefficient (Wildman–Crippen LogP) is 1.64. The fraction of sp³-hybridized carbons (Fsp3) is 0.429. The third-order valence-electron chi connectivity index (χ3n) is 4.40. The van der Waals surface area contributed by atoms with Crippen molar-refractivity contribution in [3.05, 3.63) is 40.5 Å². The van der Waals surface area contributed by atoms with Crippen molar-refractivity contribution < 1.29 is 13.3 Å². The van der Waals surface area contributed by atoms with Crippen LogP contribution in [0.2, 0.25) is 0 Å². The molecule has 22 heavy (non-hydrogen) atoms. The Balaban J connectivity index is 1.97. The number of hydrogen-bond acceptors (Lipinski definition) is 5. The van der Waals surface area contributed by atoms with Gasteiger partial charge in [-0.1, -0.05) is 12.2 Å². The lowest BCUT2D eigenvalue weighted by Crippen LogP contribution is -2.21. The maximum absolute atomic E-state index is 11.6. The van der Waals surface area contributed by atoms with E-state index >= 15 is 0 Å². The van der Waals surface area contributed by atoms with E-state index in [1.165, 1.54) is 12.1 Å². The van der Waals surface area contributed by atoms with Gasteiger partial charge in [0.15, 0.2) is 0 Å². The van der Waals surface area contributed by atoms with Gasteiger partial charge in [0, 0.05) is 30.9 Å². The number of allylic oxidation sites excluding steroid dienone is 2. The van der Waals surface area contributed by atoms with Crippen molar-refractivity contribution >= 4 is 21.4 Å². The number of sulfonamides is 1. The molecule has 2 atom stereocenters. The second-order valence-electron chi connectivity index (χ2n) is 5.86. The molecule has 2 N–H and O–H groups in total. The molecule has 1 saturated heterocycles. The minimum atomic E-state index is -3.98. The molecule has 1 heterocycles. The Labute approximate surface area is 128 Å². The van der Waals surface area contributed by atoms with Crippen LogP contribution in [0.1, 0.15) is 12.8 Å². The Morgan fingerprint density at radius 2 is 1.73 bits per heavy atom. The first-order chi connectivity index (χ1) is 10.3. The zero-order valence-corrected chi connectivity index (χ0v) is 12.7. The summed E-state index contributed by atoms with van der Waals surface area (Å²) in [6, 6.07) is 3.84. The van der Waals surface area contributed by atoms with E-state index in [0.29, 0.717) is 17.5 Å². The molecule has 0 spiro atoms. The fourth-order valence-electron chi connectivity index (χ4n) is 3.25. The number of primary sulfonamides is 1. The second kappa shape index (κ2) is 5.36. The molecule has 1 aliphatic carbocycles. The summed E-state index contributed by atoms with van der Waals surface area (Å²) in [6.45, 7) is 1.56. The van der Waals surface area contributed by atoms with Crippen LogP contribution in [0, 0.1) is 22.0 Å². The maximum Gasteiger partial charge on any atom is 0.272 e. The number of benzene rings is 1. The maximum atomic E-state index is 11.6. The smallest absolute Gasteiger partial charge is 0.272 e. The van der Waals surface area contributed by atoms with Gasteiger partial charge >= 0.3 is 0 Å². The summed E-state index contributed by atoms with van der Waals surface area (Å²) in [5, 5.41) is 16.2. The Kier molecular flexibility index (Phi) is 3.65. The number of nitro benzene ring substituents is 1. The molecule has 2 unspecified atom stereocenters. The Morgan fingerprint density at radius 1 is 1.14 bits per heavy atom. The molecule has 0 bridgehead atoms. The van der Waals surface area contributed by atoms with E-state index in [2.05, 4.69) is 12.2 Å². The van der Waals surface area contributed by atoms with Crippen molar-refractivity contribution in [2.24, 2.45) is 17.0 Å². The van der Waals surface area contributed by atoms with Crippen molar-refractivity contribution in [3.8, 4) is 0 Å². The summed E-state index contributed by atoms with van der Waals surface area (Å²) < 4.78 is 23.1. The quantitative estimate of drug-likeness (QED) is 0.517. The van der Waals surface area contributed by atoms with Gasteiger partial charge in [-0.25, -0.2) is 13.6 Å². The summed E-state index contributed by atoms with van der Waals surface area (Å²) >= 11 is 0. The van der Waals surface area contributed by atoms with Crippen LogP contribution in [0.4, 0.5) is 11.4 Å². The zero-order valence-electron chi connectivity index (χ0n) is 11.9. The van der Waals surface area contributed by atoms with E-state index in [9.17, 15) is 18.5 Å². The molecule has 1 aliphatic heterocycles. The summed E-state index contributed by atoms with van der Waals surface area (Å²) in [5.74, 6) is 1.03. The number of rotatable bonds is 3. The number of nitro groups is 1. The van der Waals surface area contributed by atoms with Crippen molar-refractivity contribution in [2.45, 2.75) is 17.7 Å². The Bertz CT molecular complexity index is 728. The molecule has 118 valence electrons. The Morgan fingerprint density at radius 3 is 2.23 bits per heavy atom. The summed E-state index contributed by atoms with van der Waals surface area (Å²) in [7, 11) is -3.98. The van der Waals surface area contributed by atoms with E-state index in [-0.39, 0.29) is 10.6 Å². The van der Waals surface area contributed by atoms with E-state index in [0.717, 1.165) is 32.0 Å². The van der Waals surface area contributed by atoms with Crippen LogP contribution in [-0.2, 0) is 10.0 Å². The topological polar surface area (TPSA) is 107 Å². The predicted molar refractivity (Wildman–Crippen MR) is 82.0 cm³/mol. The zero-order chi connectivity index (χ0) is 15.9. The largest absolute Gasteiger partial charge is 0.371 e. The molecule has 0 amide bonds. The van der Waals surface area contributed by atoms with Crippen LogP contribution >= 0.6 is 0 Å². The number of anilines is 1. The molecule has 1 fully saturated rings. The first-order valence-electron chi connectivity index (χ1n) is 7.07.